The Morgan fingerprint density at radius 3 is 2.75 bits per heavy atom. The number of nitrogens with zero attached hydrogens (tertiary/aromatic N) is 1. The lowest BCUT2D eigenvalue weighted by atomic mass is 10.1. The van der Waals surface area contributed by atoms with E-state index < -0.39 is 4.92 Å². The van der Waals surface area contributed by atoms with Gasteiger partial charge in [0.2, 0.25) is 0 Å². The fourth-order valence-corrected chi connectivity index (χ4v) is 2.18. The maximum Gasteiger partial charge on any atom is 0.269 e. The summed E-state index contributed by atoms with van der Waals surface area (Å²) in [7, 11) is 0. The van der Waals surface area contributed by atoms with Crippen molar-refractivity contribution in [1.82, 2.24) is 0 Å². The quantitative estimate of drug-likeness (QED) is 0.478. The van der Waals surface area contributed by atoms with Crippen LogP contribution in [0, 0.1) is 17.0 Å². The summed E-state index contributed by atoms with van der Waals surface area (Å²) in [6.45, 7) is 5.34. The maximum atomic E-state index is 12.0. The number of non-ortho nitro benzene ring substituents is 1. The second-order valence-corrected chi connectivity index (χ2v) is 5.19. The first-order chi connectivity index (χ1) is 11.5. The Morgan fingerprint density at radius 2 is 2.08 bits per heavy atom. The molecule has 0 aliphatic heterocycles. The molecule has 0 fully saturated rings. The van der Waals surface area contributed by atoms with E-state index in [1.165, 1.54) is 18.2 Å². The summed E-state index contributed by atoms with van der Waals surface area (Å²) in [5.41, 5.74) is 2.26. The number of hydrogen-bond donors (Lipinski definition) is 1. The Balaban J connectivity index is 2.05. The maximum absolute atomic E-state index is 12.0. The average molecular weight is 326 g/mol. The van der Waals surface area contributed by atoms with Gasteiger partial charge in [0.25, 0.3) is 11.6 Å². The molecule has 0 aliphatic rings. The Hall–Kier alpha value is -3.15. The van der Waals surface area contributed by atoms with Crippen LogP contribution in [-0.2, 0) is 11.2 Å². The van der Waals surface area contributed by atoms with Gasteiger partial charge in [-0.25, -0.2) is 0 Å². The lowest BCUT2D eigenvalue weighted by molar-refractivity contribution is -0.384. The van der Waals surface area contributed by atoms with Crippen LogP contribution in [0.4, 0.5) is 11.4 Å². The van der Waals surface area contributed by atoms with Gasteiger partial charge in [-0.3, -0.25) is 14.9 Å². The number of rotatable bonds is 7. The summed E-state index contributed by atoms with van der Waals surface area (Å²) >= 11 is 0. The third-order valence-corrected chi connectivity index (χ3v) is 3.40. The fraction of sp³-hybridized carbons (Fsp3) is 0.167. The average Bonchev–Trinajstić information content (AvgIpc) is 2.56. The number of benzene rings is 2. The molecule has 24 heavy (non-hydrogen) atoms. The Labute approximate surface area is 139 Å². The molecule has 0 radical (unpaired) electrons. The van der Waals surface area contributed by atoms with Crippen LogP contribution in [0.3, 0.4) is 0 Å². The number of nitro groups is 1. The van der Waals surface area contributed by atoms with Crippen LogP contribution < -0.4 is 10.1 Å². The van der Waals surface area contributed by atoms with Crippen molar-refractivity contribution in [2.75, 3.05) is 11.9 Å². The lowest BCUT2D eigenvalue weighted by Crippen LogP contribution is -2.21. The number of allylic oxidation sites excluding steroid dienone is 1. The zero-order valence-electron chi connectivity index (χ0n) is 13.3. The molecule has 0 heterocycles. The minimum Gasteiger partial charge on any atom is -0.483 e. The Morgan fingerprint density at radius 1 is 1.33 bits per heavy atom. The molecule has 0 bridgehead atoms. The van der Waals surface area contributed by atoms with Crippen LogP contribution in [0.1, 0.15) is 11.1 Å². The molecular formula is C18H18N2O4. The molecule has 1 amide bonds. The predicted molar refractivity (Wildman–Crippen MR) is 92.3 cm³/mol. The molecular weight excluding hydrogens is 308 g/mol. The van der Waals surface area contributed by atoms with Crippen molar-refractivity contribution in [3.8, 4) is 5.75 Å². The molecule has 124 valence electrons. The van der Waals surface area contributed by atoms with E-state index in [4.69, 9.17) is 4.74 Å². The second-order valence-electron chi connectivity index (χ2n) is 5.19. The van der Waals surface area contributed by atoms with Crippen LogP contribution in [0.2, 0.25) is 0 Å². The largest absolute Gasteiger partial charge is 0.483 e. The topological polar surface area (TPSA) is 81.5 Å². The minimum atomic E-state index is -0.471. The first-order valence-corrected chi connectivity index (χ1v) is 7.37. The second kappa shape index (κ2) is 7.92. The predicted octanol–water partition coefficient (Wildman–Crippen LogP) is 3.65. The van der Waals surface area contributed by atoms with E-state index in [1.807, 2.05) is 31.2 Å². The third-order valence-electron chi connectivity index (χ3n) is 3.40. The van der Waals surface area contributed by atoms with Gasteiger partial charge in [0.05, 0.1) is 4.92 Å². The molecule has 0 unspecified atom stereocenters. The van der Waals surface area contributed by atoms with Crippen LogP contribution in [0.25, 0.3) is 0 Å². The smallest absolute Gasteiger partial charge is 0.269 e. The van der Waals surface area contributed by atoms with Gasteiger partial charge in [0.1, 0.15) is 5.75 Å². The van der Waals surface area contributed by atoms with E-state index in [0.717, 1.165) is 11.3 Å². The summed E-state index contributed by atoms with van der Waals surface area (Å²) in [4.78, 5) is 22.4. The van der Waals surface area contributed by atoms with Crippen molar-refractivity contribution in [1.29, 1.82) is 0 Å². The molecule has 2 aromatic carbocycles. The van der Waals surface area contributed by atoms with Crippen LogP contribution in [0.15, 0.2) is 55.1 Å². The zero-order chi connectivity index (χ0) is 17.5. The summed E-state index contributed by atoms with van der Waals surface area (Å²) in [5, 5.41) is 13.6. The molecule has 1 N–H and O–H groups in total. The molecule has 2 rings (SSSR count). The molecule has 0 spiro atoms. The van der Waals surface area contributed by atoms with Crippen LogP contribution in [0.5, 0.6) is 5.75 Å². The Bertz CT molecular complexity index is 771. The minimum absolute atomic E-state index is 0.0245. The van der Waals surface area contributed by atoms with E-state index in [9.17, 15) is 14.9 Å². The number of para-hydroxylation sites is 1. The van der Waals surface area contributed by atoms with Gasteiger partial charge in [-0.1, -0.05) is 24.3 Å². The highest BCUT2D eigenvalue weighted by molar-refractivity contribution is 5.92. The van der Waals surface area contributed by atoms with Crippen molar-refractivity contribution in [2.24, 2.45) is 0 Å². The van der Waals surface area contributed by atoms with Gasteiger partial charge in [-0.2, -0.15) is 0 Å². The highest BCUT2D eigenvalue weighted by atomic mass is 16.6. The van der Waals surface area contributed by atoms with Gasteiger partial charge in [0, 0.05) is 23.4 Å². The van der Waals surface area contributed by atoms with E-state index in [1.54, 1.807) is 6.08 Å². The van der Waals surface area contributed by atoms with E-state index in [2.05, 4.69) is 11.9 Å². The number of carbonyl (C=O) groups is 1. The number of amides is 1. The van der Waals surface area contributed by atoms with E-state index in [-0.39, 0.29) is 18.2 Å². The number of carbonyl (C=O) groups excluding carboxylic acids is 1. The van der Waals surface area contributed by atoms with Crippen molar-refractivity contribution < 1.29 is 14.5 Å². The molecule has 0 atom stereocenters. The number of nitro benzene ring substituents is 1. The fourth-order valence-electron chi connectivity index (χ4n) is 2.18. The number of ether oxygens (including phenoxy) is 1. The van der Waals surface area contributed by atoms with Gasteiger partial charge in [-0.15, -0.1) is 6.58 Å². The molecule has 0 aromatic heterocycles. The van der Waals surface area contributed by atoms with Crippen molar-refractivity contribution in [3.05, 3.63) is 76.4 Å². The summed E-state index contributed by atoms with van der Waals surface area (Å²) in [6.07, 6.45) is 2.04. The van der Waals surface area contributed by atoms with Gasteiger partial charge in [-0.05, 0) is 31.0 Å². The number of anilines is 1. The van der Waals surface area contributed by atoms with Gasteiger partial charge < -0.3 is 10.1 Å². The summed E-state index contributed by atoms with van der Waals surface area (Å²) in [6, 6.07) is 11.7. The number of aryl methyl sites for hydroxylation is 1. The monoisotopic (exact) mass is 326 g/mol. The normalized spacial score (nSPS) is 10.0. The zero-order valence-corrected chi connectivity index (χ0v) is 13.3. The summed E-state index contributed by atoms with van der Waals surface area (Å²) < 4.78 is 5.52. The van der Waals surface area contributed by atoms with Gasteiger partial charge >= 0.3 is 0 Å². The molecule has 0 saturated heterocycles. The SMILES string of the molecule is C=CCc1cc([N+](=O)[O-])ccc1OCC(=O)Nc1ccccc1C. The van der Waals surface area contributed by atoms with Crippen molar-refractivity contribution >= 4 is 17.3 Å². The molecule has 6 nitrogen and oxygen atoms in total. The summed E-state index contributed by atoms with van der Waals surface area (Å²) in [5.74, 6) is 0.132. The highest BCUT2D eigenvalue weighted by Crippen LogP contribution is 2.25. The standard InChI is InChI=1S/C18H18N2O4/c1-3-6-14-11-15(20(22)23)9-10-17(14)24-12-18(21)19-16-8-5-4-7-13(16)2/h3-5,7-11H,1,6,12H2,2H3,(H,19,21). The molecule has 0 aliphatic carbocycles. The van der Waals surface area contributed by atoms with Crippen molar-refractivity contribution in [3.63, 3.8) is 0 Å². The van der Waals surface area contributed by atoms with Crippen LogP contribution >= 0.6 is 0 Å². The van der Waals surface area contributed by atoms with Crippen molar-refractivity contribution in [2.45, 2.75) is 13.3 Å². The molecule has 0 saturated carbocycles. The van der Waals surface area contributed by atoms with Gasteiger partial charge in [0.15, 0.2) is 6.61 Å². The number of nitrogens with one attached hydrogen (secondary N) is 1. The Kier molecular flexibility index (Phi) is 5.68. The molecule has 2 aromatic rings. The van der Waals surface area contributed by atoms with E-state index >= 15 is 0 Å². The lowest BCUT2D eigenvalue weighted by Gasteiger charge is -2.11. The first kappa shape index (κ1) is 17.2. The number of hydrogen-bond acceptors (Lipinski definition) is 4. The highest BCUT2D eigenvalue weighted by Gasteiger charge is 2.12. The third kappa shape index (κ3) is 4.42. The first-order valence-electron chi connectivity index (χ1n) is 7.37. The van der Waals surface area contributed by atoms with E-state index in [0.29, 0.717) is 17.7 Å². The van der Waals surface area contributed by atoms with Crippen LogP contribution in [-0.4, -0.2) is 17.4 Å². The molecule has 6 heteroatoms.